The lowest BCUT2D eigenvalue weighted by Crippen LogP contribution is -2.47. The monoisotopic (exact) mass is 257 g/mol. The van der Waals surface area contributed by atoms with Crippen LogP contribution < -0.4 is 5.32 Å². The summed E-state index contributed by atoms with van der Waals surface area (Å²) in [5, 5.41) is 30.3. The van der Waals surface area contributed by atoms with Crippen molar-refractivity contribution in [2.24, 2.45) is 0 Å². The number of H-pyrrole nitrogens is 1. The summed E-state index contributed by atoms with van der Waals surface area (Å²) in [6.07, 6.45) is -1.30. The number of carboxylic acid groups (broad SMARTS) is 1. The van der Waals surface area contributed by atoms with Crippen LogP contribution in [-0.4, -0.2) is 44.1 Å². The summed E-state index contributed by atoms with van der Waals surface area (Å²) in [5.41, 5.74) is -0.159. The molecule has 0 fully saturated rings. The molecule has 4 N–H and O–H groups in total. The first-order chi connectivity index (χ1) is 8.32. The van der Waals surface area contributed by atoms with Gasteiger partial charge in [-0.25, -0.2) is 9.78 Å². The number of nitrogens with zero attached hydrogens (tertiary/aromatic N) is 1. The number of aromatic amines is 1. The molecule has 1 rings (SSSR count). The molecule has 9 heteroatoms. The highest BCUT2D eigenvalue weighted by Gasteiger charge is 2.27. The zero-order valence-corrected chi connectivity index (χ0v) is 9.28. The highest BCUT2D eigenvalue weighted by atomic mass is 16.6. The van der Waals surface area contributed by atoms with Crippen molar-refractivity contribution < 1.29 is 24.7 Å². The first-order valence-electron chi connectivity index (χ1n) is 4.88. The summed E-state index contributed by atoms with van der Waals surface area (Å²) in [5.74, 6) is -2.64. The Hall–Kier alpha value is -2.42. The lowest BCUT2D eigenvalue weighted by Gasteiger charge is -2.15. The van der Waals surface area contributed by atoms with E-state index in [9.17, 15) is 19.7 Å². The second-order valence-corrected chi connectivity index (χ2v) is 3.54. The van der Waals surface area contributed by atoms with E-state index in [1.807, 2.05) is 5.32 Å². The molecule has 9 nitrogen and oxygen atoms in total. The van der Waals surface area contributed by atoms with Crippen LogP contribution in [0.4, 0.5) is 5.82 Å². The van der Waals surface area contributed by atoms with Crippen LogP contribution in [0.25, 0.3) is 0 Å². The average molecular weight is 257 g/mol. The van der Waals surface area contributed by atoms with Gasteiger partial charge in [0.2, 0.25) is 0 Å². The van der Waals surface area contributed by atoms with E-state index >= 15 is 0 Å². The highest BCUT2D eigenvalue weighted by Crippen LogP contribution is 2.10. The number of carbonyl (C=O) groups is 2. The van der Waals surface area contributed by atoms with E-state index in [4.69, 9.17) is 10.2 Å². The molecule has 0 bridgehead atoms. The number of aliphatic carboxylic acids is 1. The number of hydrogen-bond donors (Lipinski definition) is 4. The number of nitro groups is 1. The van der Waals surface area contributed by atoms with E-state index in [1.165, 1.54) is 6.92 Å². The van der Waals surface area contributed by atoms with Crippen LogP contribution in [0.15, 0.2) is 12.1 Å². The minimum absolute atomic E-state index is 0.159. The second-order valence-electron chi connectivity index (χ2n) is 3.54. The van der Waals surface area contributed by atoms with Crippen LogP contribution in [-0.2, 0) is 4.79 Å². The Morgan fingerprint density at radius 3 is 2.50 bits per heavy atom. The normalized spacial score (nSPS) is 13.7. The number of carbonyl (C=O) groups excluding carboxylic acids is 1. The molecule has 0 aliphatic carbocycles. The Balaban J connectivity index is 2.80. The number of aromatic nitrogens is 1. The Morgan fingerprint density at radius 2 is 2.11 bits per heavy atom. The summed E-state index contributed by atoms with van der Waals surface area (Å²) in [7, 11) is 0. The smallest absolute Gasteiger partial charge is 0.328 e. The summed E-state index contributed by atoms with van der Waals surface area (Å²) < 4.78 is 0. The molecule has 1 aromatic rings. The predicted molar refractivity (Wildman–Crippen MR) is 58.0 cm³/mol. The van der Waals surface area contributed by atoms with Crippen molar-refractivity contribution >= 4 is 17.7 Å². The van der Waals surface area contributed by atoms with Gasteiger partial charge in [-0.1, -0.05) is 0 Å². The molecule has 18 heavy (non-hydrogen) atoms. The third-order valence-corrected chi connectivity index (χ3v) is 2.15. The van der Waals surface area contributed by atoms with Gasteiger partial charge < -0.3 is 25.6 Å². The maximum atomic E-state index is 11.6. The Bertz CT molecular complexity index is 480. The SMILES string of the molecule is C[C@@H](O)[C@H](NC(=O)c1ccc([N+](=O)[O-])[nH]1)C(=O)O. The number of carboxylic acids is 1. The number of rotatable bonds is 5. The fourth-order valence-electron chi connectivity index (χ4n) is 1.23. The Labute approximate surface area is 101 Å². The molecule has 0 saturated carbocycles. The number of nitrogens with one attached hydrogen (secondary N) is 2. The lowest BCUT2D eigenvalue weighted by atomic mass is 10.2. The topological polar surface area (TPSA) is 146 Å². The molecule has 0 unspecified atom stereocenters. The van der Waals surface area contributed by atoms with Gasteiger partial charge in [0.15, 0.2) is 11.7 Å². The molecule has 0 aliphatic heterocycles. The van der Waals surface area contributed by atoms with Crippen molar-refractivity contribution in [3.63, 3.8) is 0 Å². The third kappa shape index (κ3) is 3.04. The molecule has 1 aromatic heterocycles. The summed E-state index contributed by atoms with van der Waals surface area (Å²) in [4.78, 5) is 34.2. The maximum absolute atomic E-state index is 11.6. The first-order valence-corrected chi connectivity index (χ1v) is 4.88. The van der Waals surface area contributed by atoms with Crippen molar-refractivity contribution in [1.82, 2.24) is 10.3 Å². The van der Waals surface area contributed by atoms with Crippen molar-refractivity contribution in [1.29, 1.82) is 0 Å². The fourth-order valence-corrected chi connectivity index (χ4v) is 1.23. The number of hydrogen-bond acceptors (Lipinski definition) is 5. The summed E-state index contributed by atoms with van der Waals surface area (Å²) in [6, 6.07) is 0.737. The molecule has 98 valence electrons. The summed E-state index contributed by atoms with van der Waals surface area (Å²) >= 11 is 0. The minimum Gasteiger partial charge on any atom is -0.480 e. The zero-order chi connectivity index (χ0) is 13.9. The second kappa shape index (κ2) is 5.27. The van der Waals surface area contributed by atoms with E-state index in [-0.39, 0.29) is 11.5 Å². The minimum atomic E-state index is -1.49. The van der Waals surface area contributed by atoms with Crippen LogP contribution in [0.1, 0.15) is 17.4 Å². The van der Waals surface area contributed by atoms with Gasteiger partial charge >= 0.3 is 11.8 Å². The molecule has 0 aliphatic rings. The average Bonchev–Trinajstić information content (AvgIpc) is 2.73. The van der Waals surface area contributed by atoms with E-state index in [1.54, 1.807) is 0 Å². The Kier molecular flexibility index (Phi) is 4.00. The van der Waals surface area contributed by atoms with Crippen LogP contribution >= 0.6 is 0 Å². The van der Waals surface area contributed by atoms with Crippen molar-refractivity contribution in [2.45, 2.75) is 19.1 Å². The van der Waals surface area contributed by atoms with Crippen LogP contribution in [0.3, 0.4) is 0 Å². The molecule has 1 heterocycles. The zero-order valence-electron chi connectivity index (χ0n) is 9.28. The molecule has 0 saturated heterocycles. The highest BCUT2D eigenvalue weighted by molar-refractivity contribution is 5.95. The predicted octanol–water partition coefficient (Wildman–Crippen LogP) is -0.513. The van der Waals surface area contributed by atoms with Gasteiger partial charge in [0, 0.05) is 6.07 Å². The van der Waals surface area contributed by atoms with Gasteiger partial charge in [-0.3, -0.25) is 4.79 Å². The van der Waals surface area contributed by atoms with Crippen LogP contribution in [0.5, 0.6) is 0 Å². The van der Waals surface area contributed by atoms with Crippen molar-refractivity contribution in [3.8, 4) is 0 Å². The molecule has 1 amide bonds. The number of aliphatic hydroxyl groups excluding tert-OH is 1. The van der Waals surface area contributed by atoms with Gasteiger partial charge in [-0.05, 0) is 17.9 Å². The van der Waals surface area contributed by atoms with E-state index in [2.05, 4.69) is 4.98 Å². The van der Waals surface area contributed by atoms with E-state index in [0.717, 1.165) is 12.1 Å². The number of amides is 1. The van der Waals surface area contributed by atoms with Crippen LogP contribution in [0.2, 0.25) is 0 Å². The first kappa shape index (κ1) is 13.6. The van der Waals surface area contributed by atoms with Crippen molar-refractivity contribution in [3.05, 3.63) is 27.9 Å². The Morgan fingerprint density at radius 1 is 1.50 bits per heavy atom. The van der Waals surface area contributed by atoms with Gasteiger partial charge in [-0.15, -0.1) is 0 Å². The van der Waals surface area contributed by atoms with Gasteiger partial charge in [0.25, 0.3) is 5.91 Å². The van der Waals surface area contributed by atoms with Crippen LogP contribution in [0, 0.1) is 10.1 Å². The van der Waals surface area contributed by atoms with E-state index < -0.39 is 28.9 Å². The largest absolute Gasteiger partial charge is 0.480 e. The van der Waals surface area contributed by atoms with E-state index in [0.29, 0.717) is 0 Å². The molecular weight excluding hydrogens is 246 g/mol. The maximum Gasteiger partial charge on any atom is 0.328 e. The van der Waals surface area contributed by atoms with Gasteiger partial charge in [0.1, 0.15) is 0 Å². The van der Waals surface area contributed by atoms with Gasteiger partial charge in [0.05, 0.1) is 6.10 Å². The molecular formula is C9H11N3O6. The van der Waals surface area contributed by atoms with Gasteiger partial charge in [-0.2, -0.15) is 0 Å². The quantitative estimate of drug-likeness (QED) is 0.412. The third-order valence-electron chi connectivity index (χ3n) is 2.15. The molecule has 2 atom stereocenters. The summed E-state index contributed by atoms with van der Waals surface area (Å²) in [6.45, 7) is 1.20. The lowest BCUT2D eigenvalue weighted by molar-refractivity contribution is -0.389. The molecule has 0 spiro atoms. The van der Waals surface area contributed by atoms with Crippen molar-refractivity contribution in [2.75, 3.05) is 0 Å². The molecule has 0 aromatic carbocycles. The fraction of sp³-hybridized carbons (Fsp3) is 0.333. The molecule has 0 radical (unpaired) electrons. The standard InChI is InChI=1S/C9H11N3O6/c1-4(13)7(9(15)16)11-8(14)5-2-3-6(10-5)12(17)18/h2-4,7,10,13H,1H3,(H,11,14)(H,15,16)/t4-,7+/m1/s1. The number of aliphatic hydroxyl groups is 1.